The highest BCUT2D eigenvalue weighted by Crippen LogP contribution is 2.25. The van der Waals surface area contributed by atoms with Crippen molar-refractivity contribution in [2.24, 2.45) is 5.92 Å². The van der Waals surface area contributed by atoms with Crippen LogP contribution in [-0.4, -0.2) is 33.8 Å². The van der Waals surface area contributed by atoms with Gasteiger partial charge in [-0.25, -0.2) is 4.79 Å². The molecular weight excluding hydrogens is 373 g/mol. The number of carbonyl (C=O) groups is 1. The number of halogens is 1. The minimum Gasteiger partial charge on any atom is -0.445 e. The standard InChI is InChI=1S/C14H18INO2S/c15-13-8-16(7-6-12(13)10-19)14(17)18-9-11-4-2-1-3-5-11/h1-5,12-13,19H,6-10H2. The van der Waals surface area contributed by atoms with E-state index in [0.29, 0.717) is 16.4 Å². The highest BCUT2D eigenvalue weighted by Gasteiger charge is 2.29. The molecule has 0 bridgehead atoms. The fraction of sp³-hybridized carbons (Fsp3) is 0.500. The van der Waals surface area contributed by atoms with E-state index in [1.54, 1.807) is 4.90 Å². The zero-order valence-electron chi connectivity index (χ0n) is 10.7. The predicted molar refractivity (Wildman–Crippen MR) is 88.0 cm³/mol. The van der Waals surface area contributed by atoms with Gasteiger partial charge in [-0.05, 0) is 23.7 Å². The van der Waals surface area contributed by atoms with Crippen LogP contribution in [0.3, 0.4) is 0 Å². The van der Waals surface area contributed by atoms with Crippen LogP contribution >= 0.6 is 35.2 Å². The van der Waals surface area contributed by atoms with Crippen molar-refractivity contribution in [3.63, 3.8) is 0 Å². The third kappa shape index (κ3) is 4.27. The smallest absolute Gasteiger partial charge is 0.410 e. The van der Waals surface area contributed by atoms with E-state index in [-0.39, 0.29) is 6.09 Å². The van der Waals surface area contributed by atoms with Crippen LogP contribution in [0.2, 0.25) is 0 Å². The summed E-state index contributed by atoms with van der Waals surface area (Å²) >= 11 is 6.76. The van der Waals surface area contributed by atoms with Crippen LogP contribution in [0.1, 0.15) is 12.0 Å². The first-order valence-electron chi connectivity index (χ1n) is 6.41. The van der Waals surface area contributed by atoms with Gasteiger partial charge < -0.3 is 9.64 Å². The molecule has 5 heteroatoms. The summed E-state index contributed by atoms with van der Waals surface area (Å²) in [7, 11) is 0. The normalized spacial score (nSPS) is 23.2. The number of alkyl halides is 1. The molecule has 1 fully saturated rings. The Morgan fingerprint density at radius 3 is 2.79 bits per heavy atom. The zero-order chi connectivity index (χ0) is 13.7. The topological polar surface area (TPSA) is 29.5 Å². The first-order chi connectivity index (χ1) is 9.20. The van der Waals surface area contributed by atoms with Gasteiger partial charge in [0, 0.05) is 17.0 Å². The number of amides is 1. The average Bonchev–Trinajstić information content (AvgIpc) is 2.45. The fourth-order valence-electron chi connectivity index (χ4n) is 2.14. The van der Waals surface area contributed by atoms with Crippen molar-refractivity contribution in [1.82, 2.24) is 4.90 Å². The highest BCUT2D eigenvalue weighted by atomic mass is 127. The van der Waals surface area contributed by atoms with E-state index in [9.17, 15) is 4.79 Å². The van der Waals surface area contributed by atoms with E-state index in [0.717, 1.165) is 30.8 Å². The molecule has 0 N–H and O–H groups in total. The van der Waals surface area contributed by atoms with Crippen molar-refractivity contribution >= 4 is 41.3 Å². The van der Waals surface area contributed by atoms with Gasteiger partial charge in [-0.2, -0.15) is 12.6 Å². The largest absolute Gasteiger partial charge is 0.445 e. The van der Waals surface area contributed by atoms with Crippen molar-refractivity contribution in [3.05, 3.63) is 35.9 Å². The van der Waals surface area contributed by atoms with Crippen molar-refractivity contribution in [2.45, 2.75) is 17.0 Å². The minimum atomic E-state index is -0.205. The number of hydrogen-bond donors (Lipinski definition) is 1. The molecule has 0 aromatic heterocycles. The number of piperidine rings is 1. The molecule has 2 unspecified atom stereocenters. The van der Waals surface area contributed by atoms with E-state index >= 15 is 0 Å². The molecule has 1 heterocycles. The van der Waals surface area contributed by atoms with Crippen LogP contribution in [0.5, 0.6) is 0 Å². The quantitative estimate of drug-likeness (QED) is 0.487. The van der Waals surface area contributed by atoms with Gasteiger partial charge in [0.25, 0.3) is 0 Å². The van der Waals surface area contributed by atoms with Crippen LogP contribution in [0.15, 0.2) is 30.3 Å². The molecular formula is C14H18INO2S. The van der Waals surface area contributed by atoms with Crippen molar-refractivity contribution < 1.29 is 9.53 Å². The lowest BCUT2D eigenvalue weighted by Gasteiger charge is -2.34. The van der Waals surface area contributed by atoms with E-state index < -0.39 is 0 Å². The third-order valence-corrected chi connectivity index (χ3v) is 5.25. The molecule has 0 aliphatic carbocycles. The molecule has 1 saturated heterocycles. The summed E-state index contributed by atoms with van der Waals surface area (Å²) in [4.78, 5) is 13.8. The SMILES string of the molecule is O=C(OCc1ccccc1)N1CCC(CS)C(I)C1. The van der Waals surface area contributed by atoms with Crippen molar-refractivity contribution in [1.29, 1.82) is 0 Å². The second-order valence-electron chi connectivity index (χ2n) is 4.73. The second kappa shape index (κ2) is 7.38. The van der Waals surface area contributed by atoms with Crippen LogP contribution in [0.4, 0.5) is 4.79 Å². The molecule has 19 heavy (non-hydrogen) atoms. The Labute approximate surface area is 133 Å². The Morgan fingerprint density at radius 2 is 2.16 bits per heavy atom. The van der Waals surface area contributed by atoms with Gasteiger partial charge in [0.2, 0.25) is 0 Å². The molecule has 2 atom stereocenters. The molecule has 2 rings (SSSR count). The summed E-state index contributed by atoms with van der Waals surface area (Å²) in [5.74, 6) is 1.49. The van der Waals surface area contributed by atoms with Gasteiger partial charge >= 0.3 is 6.09 Å². The first kappa shape index (κ1) is 15.0. The Bertz CT molecular complexity index is 415. The van der Waals surface area contributed by atoms with E-state index in [2.05, 4.69) is 35.2 Å². The zero-order valence-corrected chi connectivity index (χ0v) is 13.7. The summed E-state index contributed by atoms with van der Waals surface area (Å²) in [5.41, 5.74) is 1.02. The van der Waals surface area contributed by atoms with Gasteiger partial charge in [0.15, 0.2) is 0 Å². The molecule has 1 aliphatic rings. The number of thiol groups is 1. The van der Waals surface area contributed by atoms with Gasteiger partial charge in [-0.1, -0.05) is 52.9 Å². The van der Waals surface area contributed by atoms with Crippen LogP contribution in [-0.2, 0) is 11.3 Å². The average molecular weight is 391 g/mol. The Hall–Kier alpha value is -0.430. The van der Waals surface area contributed by atoms with Crippen molar-refractivity contribution in [2.75, 3.05) is 18.8 Å². The summed E-state index contributed by atoms with van der Waals surface area (Å²) in [6.07, 6.45) is 0.806. The van der Waals surface area contributed by atoms with Crippen molar-refractivity contribution in [3.8, 4) is 0 Å². The second-order valence-corrected chi connectivity index (χ2v) is 6.70. The van der Waals surface area contributed by atoms with Crippen LogP contribution < -0.4 is 0 Å². The maximum Gasteiger partial charge on any atom is 0.410 e. The Balaban J connectivity index is 1.81. The van der Waals surface area contributed by atoms with E-state index in [1.807, 2.05) is 30.3 Å². The first-order valence-corrected chi connectivity index (χ1v) is 8.29. The number of rotatable bonds is 3. The number of likely N-dealkylation sites (tertiary alicyclic amines) is 1. The van der Waals surface area contributed by atoms with E-state index in [4.69, 9.17) is 4.74 Å². The van der Waals surface area contributed by atoms with Crippen LogP contribution in [0, 0.1) is 5.92 Å². The molecule has 1 aromatic rings. The molecule has 0 radical (unpaired) electrons. The molecule has 1 aliphatic heterocycles. The number of hydrogen-bond acceptors (Lipinski definition) is 3. The Kier molecular flexibility index (Phi) is 5.81. The van der Waals surface area contributed by atoms with E-state index in [1.165, 1.54) is 0 Å². The maximum absolute atomic E-state index is 12.0. The number of nitrogens with zero attached hydrogens (tertiary/aromatic N) is 1. The maximum atomic E-state index is 12.0. The third-order valence-electron chi connectivity index (χ3n) is 3.37. The lowest BCUT2D eigenvalue weighted by molar-refractivity contribution is 0.0864. The van der Waals surface area contributed by atoms with Gasteiger partial charge in [-0.15, -0.1) is 0 Å². The molecule has 104 valence electrons. The lowest BCUT2D eigenvalue weighted by atomic mass is 9.99. The number of benzene rings is 1. The lowest BCUT2D eigenvalue weighted by Crippen LogP contribution is -2.45. The Morgan fingerprint density at radius 1 is 1.42 bits per heavy atom. The molecule has 1 amide bonds. The summed E-state index contributed by atoms with van der Waals surface area (Å²) in [6.45, 7) is 1.88. The van der Waals surface area contributed by atoms with Gasteiger partial charge in [-0.3, -0.25) is 0 Å². The molecule has 3 nitrogen and oxygen atoms in total. The van der Waals surface area contributed by atoms with Gasteiger partial charge in [0.05, 0.1) is 0 Å². The number of ether oxygens (including phenoxy) is 1. The fourth-order valence-corrected chi connectivity index (χ4v) is 4.06. The molecule has 0 spiro atoms. The molecule has 1 aromatic carbocycles. The summed E-state index contributed by atoms with van der Waals surface area (Å²) in [5, 5.41) is 0. The highest BCUT2D eigenvalue weighted by molar-refractivity contribution is 14.1. The number of carbonyl (C=O) groups excluding carboxylic acids is 1. The predicted octanol–water partition coefficient (Wildman–Crippen LogP) is 3.38. The van der Waals surface area contributed by atoms with Gasteiger partial charge in [0.1, 0.15) is 6.61 Å². The minimum absolute atomic E-state index is 0.205. The molecule has 0 saturated carbocycles. The summed E-state index contributed by atoms with van der Waals surface area (Å²) < 4.78 is 5.82. The summed E-state index contributed by atoms with van der Waals surface area (Å²) in [6, 6.07) is 9.77. The van der Waals surface area contributed by atoms with Crippen LogP contribution in [0.25, 0.3) is 0 Å². The monoisotopic (exact) mass is 391 g/mol.